The number of likely N-dealkylation sites (tertiary alicyclic amines) is 1. The number of carbonyl (C=O) groups excluding carboxylic acids is 1. The van der Waals surface area contributed by atoms with Crippen LogP contribution in [0.15, 0.2) is 36.0 Å². The van der Waals surface area contributed by atoms with Crippen LogP contribution >= 0.6 is 0 Å². The lowest BCUT2D eigenvalue weighted by Gasteiger charge is -2.46. The number of carbonyl (C=O) groups is 1. The van der Waals surface area contributed by atoms with Gasteiger partial charge in [-0.05, 0) is 50.0 Å². The molecule has 1 unspecified atom stereocenters. The van der Waals surface area contributed by atoms with Crippen LogP contribution in [0, 0.1) is 12.3 Å². The van der Waals surface area contributed by atoms with Gasteiger partial charge in [-0.15, -0.1) is 0 Å². The monoisotopic (exact) mass is 335 g/mol. The summed E-state index contributed by atoms with van der Waals surface area (Å²) in [5.41, 5.74) is 6.61. The SMILES string of the molecule is CCC12Cc3cnn(-c4ccc(C)cc4)c3C=C1CCN(CC=O)C2. The standard InChI is InChI=1S/C21H25N3O/c1-3-21-13-17-14-22-24(19-6-4-16(2)5-7-19)20(17)12-18(21)8-9-23(15-21)10-11-25/h4-7,11-12,14H,3,8-10,13,15H2,1-2H3. The van der Waals surface area contributed by atoms with E-state index >= 15 is 0 Å². The molecule has 4 rings (SSSR count). The fraction of sp³-hybridized carbons (Fsp3) is 0.429. The Morgan fingerprint density at radius 2 is 2.08 bits per heavy atom. The molecule has 0 saturated carbocycles. The molecule has 4 nitrogen and oxygen atoms in total. The molecule has 2 aromatic rings. The van der Waals surface area contributed by atoms with Gasteiger partial charge in [0, 0.05) is 18.5 Å². The number of piperidine rings is 1. The Balaban J connectivity index is 1.72. The van der Waals surface area contributed by atoms with Gasteiger partial charge in [-0.25, -0.2) is 4.68 Å². The molecule has 1 atom stereocenters. The number of benzene rings is 1. The highest BCUT2D eigenvalue weighted by molar-refractivity contribution is 5.62. The number of aldehydes is 1. The van der Waals surface area contributed by atoms with E-state index in [1.165, 1.54) is 22.4 Å². The number of aryl methyl sites for hydroxylation is 1. The van der Waals surface area contributed by atoms with Crippen molar-refractivity contribution in [2.24, 2.45) is 5.41 Å². The van der Waals surface area contributed by atoms with E-state index in [-0.39, 0.29) is 5.41 Å². The molecule has 1 aliphatic heterocycles. The first-order valence-corrected chi connectivity index (χ1v) is 9.16. The van der Waals surface area contributed by atoms with Crippen LogP contribution in [0.1, 0.15) is 36.6 Å². The molecule has 0 bridgehead atoms. The molecule has 0 amide bonds. The zero-order chi connectivity index (χ0) is 17.4. The van der Waals surface area contributed by atoms with Gasteiger partial charge < -0.3 is 4.79 Å². The molecular formula is C21H25N3O. The highest BCUT2D eigenvalue weighted by Crippen LogP contribution is 2.46. The van der Waals surface area contributed by atoms with Crippen molar-refractivity contribution < 1.29 is 4.79 Å². The van der Waals surface area contributed by atoms with E-state index in [0.29, 0.717) is 6.54 Å². The Kier molecular flexibility index (Phi) is 4.08. The van der Waals surface area contributed by atoms with Crippen LogP contribution in [-0.4, -0.2) is 40.6 Å². The Bertz CT molecular complexity index is 818. The van der Waals surface area contributed by atoms with Gasteiger partial charge in [0.2, 0.25) is 0 Å². The average molecular weight is 335 g/mol. The third-order valence-electron chi connectivity index (χ3n) is 5.92. The van der Waals surface area contributed by atoms with Gasteiger partial charge in [-0.3, -0.25) is 4.90 Å². The van der Waals surface area contributed by atoms with Crippen molar-refractivity contribution in [2.45, 2.75) is 33.1 Å². The summed E-state index contributed by atoms with van der Waals surface area (Å²) in [5.74, 6) is 0. The van der Waals surface area contributed by atoms with Crippen LogP contribution in [0.2, 0.25) is 0 Å². The lowest BCUT2D eigenvalue weighted by Crippen LogP contribution is -2.47. The van der Waals surface area contributed by atoms with Gasteiger partial charge in [0.05, 0.1) is 24.1 Å². The number of hydrogen-bond donors (Lipinski definition) is 0. The minimum absolute atomic E-state index is 0.162. The normalized spacial score (nSPS) is 22.9. The largest absolute Gasteiger partial charge is 0.302 e. The molecule has 1 aromatic heterocycles. The van der Waals surface area contributed by atoms with E-state index in [1.54, 1.807) is 0 Å². The summed E-state index contributed by atoms with van der Waals surface area (Å²) in [5, 5.41) is 4.68. The van der Waals surface area contributed by atoms with Gasteiger partial charge in [0.1, 0.15) is 6.29 Å². The van der Waals surface area contributed by atoms with Crippen LogP contribution in [0.25, 0.3) is 11.8 Å². The summed E-state index contributed by atoms with van der Waals surface area (Å²) in [4.78, 5) is 13.2. The van der Waals surface area contributed by atoms with Crippen molar-refractivity contribution in [1.82, 2.24) is 14.7 Å². The van der Waals surface area contributed by atoms with E-state index < -0.39 is 0 Å². The van der Waals surface area contributed by atoms with Crippen molar-refractivity contribution in [3.05, 3.63) is 52.9 Å². The first-order chi connectivity index (χ1) is 12.1. The topological polar surface area (TPSA) is 38.1 Å². The smallest absolute Gasteiger partial charge is 0.133 e. The molecular weight excluding hydrogens is 310 g/mol. The number of hydrogen-bond acceptors (Lipinski definition) is 3. The lowest BCUT2D eigenvalue weighted by atomic mass is 9.67. The average Bonchev–Trinajstić information content (AvgIpc) is 3.03. The summed E-state index contributed by atoms with van der Waals surface area (Å²) >= 11 is 0. The maximum absolute atomic E-state index is 10.9. The van der Waals surface area contributed by atoms with Gasteiger partial charge in [0.15, 0.2) is 0 Å². The molecule has 0 radical (unpaired) electrons. The highest BCUT2D eigenvalue weighted by atomic mass is 16.1. The van der Waals surface area contributed by atoms with Gasteiger partial charge in [0.25, 0.3) is 0 Å². The third-order valence-corrected chi connectivity index (χ3v) is 5.92. The number of rotatable bonds is 4. The quantitative estimate of drug-likeness (QED) is 0.804. The molecule has 2 heterocycles. The molecule has 25 heavy (non-hydrogen) atoms. The van der Waals surface area contributed by atoms with Crippen LogP contribution in [0.3, 0.4) is 0 Å². The summed E-state index contributed by atoms with van der Waals surface area (Å²) < 4.78 is 2.07. The fourth-order valence-electron chi connectivity index (χ4n) is 4.38. The molecule has 0 N–H and O–H groups in total. The summed E-state index contributed by atoms with van der Waals surface area (Å²) in [6.45, 7) is 6.87. The van der Waals surface area contributed by atoms with E-state index in [0.717, 1.165) is 44.3 Å². The van der Waals surface area contributed by atoms with E-state index in [4.69, 9.17) is 0 Å². The molecule has 0 spiro atoms. The third kappa shape index (κ3) is 2.74. The Morgan fingerprint density at radius 1 is 1.28 bits per heavy atom. The summed E-state index contributed by atoms with van der Waals surface area (Å²) in [7, 11) is 0. The van der Waals surface area contributed by atoms with Crippen LogP contribution < -0.4 is 0 Å². The maximum atomic E-state index is 10.9. The number of nitrogens with zero attached hydrogens (tertiary/aromatic N) is 3. The van der Waals surface area contributed by atoms with Gasteiger partial charge >= 0.3 is 0 Å². The molecule has 130 valence electrons. The van der Waals surface area contributed by atoms with Crippen molar-refractivity contribution in [2.75, 3.05) is 19.6 Å². The molecule has 1 fully saturated rings. The second-order valence-electron chi connectivity index (χ2n) is 7.43. The minimum Gasteiger partial charge on any atom is -0.302 e. The zero-order valence-electron chi connectivity index (χ0n) is 15.0. The molecule has 4 heteroatoms. The van der Waals surface area contributed by atoms with Crippen molar-refractivity contribution in [3.63, 3.8) is 0 Å². The highest BCUT2D eigenvalue weighted by Gasteiger charge is 2.41. The molecule has 1 aromatic carbocycles. The van der Waals surface area contributed by atoms with Crippen molar-refractivity contribution in [1.29, 1.82) is 0 Å². The number of aromatic nitrogens is 2. The van der Waals surface area contributed by atoms with E-state index in [1.807, 2.05) is 6.20 Å². The second kappa shape index (κ2) is 6.26. The minimum atomic E-state index is 0.162. The lowest BCUT2D eigenvalue weighted by molar-refractivity contribution is -0.109. The fourth-order valence-corrected chi connectivity index (χ4v) is 4.38. The predicted octanol–water partition coefficient (Wildman–Crippen LogP) is 3.42. The maximum Gasteiger partial charge on any atom is 0.133 e. The summed E-state index contributed by atoms with van der Waals surface area (Å²) in [6, 6.07) is 8.53. The van der Waals surface area contributed by atoms with E-state index in [2.05, 4.69) is 58.9 Å². The second-order valence-corrected chi connectivity index (χ2v) is 7.43. The first-order valence-electron chi connectivity index (χ1n) is 9.16. The zero-order valence-corrected chi connectivity index (χ0v) is 15.0. The molecule has 1 saturated heterocycles. The Morgan fingerprint density at radius 3 is 2.80 bits per heavy atom. The molecule has 2 aliphatic rings. The van der Waals surface area contributed by atoms with Crippen LogP contribution in [0.4, 0.5) is 0 Å². The van der Waals surface area contributed by atoms with Crippen LogP contribution in [0.5, 0.6) is 0 Å². The Hall–Kier alpha value is -2.20. The number of fused-ring (bicyclic) bond motifs is 2. The Labute approximate surface area is 149 Å². The van der Waals surface area contributed by atoms with Crippen molar-refractivity contribution in [3.8, 4) is 5.69 Å². The van der Waals surface area contributed by atoms with Gasteiger partial charge in [-0.2, -0.15) is 5.10 Å². The van der Waals surface area contributed by atoms with Crippen LogP contribution in [-0.2, 0) is 11.2 Å². The van der Waals surface area contributed by atoms with Gasteiger partial charge in [-0.1, -0.05) is 30.2 Å². The predicted molar refractivity (Wildman–Crippen MR) is 99.8 cm³/mol. The van der Waals surface area contributed by atoms with E-state index in [9.17, 15) is 4.79 Å². The summed E-state index contributed by atoms with van der Waals surface area (Å²) in [6.07, 6.45) is 8.59. The first kappa shape index (κ1) is 16.3. The van der Waals surface area contributed by atoms with Crippen molar-refractivity contribution >= 4 is 12.4 Å². The molecule has 1 aliphatic carbocycles.